The Balaban J connectivity index is 1.45. The lowest BCUT2D eigenvalue weighted by Crippen LogP contribution is -2.72. The lowest BCUT2D eigenvalue weighted by molar-refractivity contribution is -0.492. The van der Waals surface area contributed by atoms with E-state index in [1.807, 2.05) is 30.3 Å². The van der Waals surface area contributed by atoms with Crippen LogP contribution in [0.4, 0.5) is 0 Å². The Labute approximate surface area is 215 Å². The Morgan fingerprint density at radius 1 is 0.944 bits per heavy atom. The number of aromatic hydroxyl groups is 2. The lowest BCUT2D eigenvalue weighted by Gasteiger charge is -2.26. The fraction of sp³-hybridized carbons (Fsp3) is 0.276. The molecule has 1 aliphatic rings. The first-order valence-electron chi connectivity index (χ1n) is 12.4. The van der Waals surface area contributed by atoms with Crippen molar-refractivity contribution < 1.29 is 19.9 Å². The van der Waals surface area contributed by atoms with E-state index in [-0.39, 0.29) is 17.5 Å². The number of hydrogen-bond acceptors (Lipinski definition) is 5. The van der Waals surface area contributed by atoms with Crippen molar-refractivity contribution in [2.45, 2.75) is 25.3 Å². The number of phenols is 2. The van der Waals surface area contributed by atoms with Crippen molar-refractivity contribution in [1.29, 1.82) is 0 Å². The lowest BCUT2D eigenvalue weighted by atomic mass is 9.94. The van der Waals surface area contributed by atoms with Gasteiger partial charge >= 0.3 is 0 Å². The Kier molecular flexibility index (Phi) is 7.39. The van der Waals surface area contributed by atoms with Crippen molar-refractivity contribution in [1.82, 2.24) is 4.90 Å². The zero-order valence-electron chi connectivity index (χ0n) is 20.2. The van der Waals surface area contributed by atoms with Crippen LogP contribution in [0.25, 0.3) is 20.5 Å². The van der Waals surface area contributed by atoms with Gasteiger partial charge in [-0.25, -0.2) is 0 Å². The Hall–Kier alpha value is -3.55. The summed E-state index contributed by atoms with van der Waals surface area (Å²) in [5.41, 5.74) is 8.99. The van der Waals surface area contributed by atoms with Gasteiger partial charge in [0, 0.05) is 32.6 Å². The highest BCUT2D eigenvalue weighted by atomic mass is 32.1. The number of nitrogens with one attached hydrogen (secondary N) is 1. The van der Waals surface area contributed by atoms with Gasteiger partial charge in [-0.2, -0.15) is 0 Å². The summed E-state index contributed by atoms with van der Waals surface area (Å²) in [7, 11) is 0. The number of piperidine rings is 1. The number of likely N-dealkylation sites (tertiary alicyclic amines) is 1. The molecule has 186 valence electrons. The molecule has 5 rings (SSSR count). The monoisotopic (exact) mass is 502 g/mol. The quantitative estimate of drug-likeness (QED) is 0.216. The van der Waals surface area contributed by atoms with Crippen molar-refractivity contribution in [3.05, 3.63) is 77.9 Å². The highest BCUT2D eigenvalue weighted by Crippen LogP contribution is 2.43. The highest BCUT2D eigenvalue weighted by Gasteiger charge is 2.25. The van der Waals surface area contributed by atoms with Crippen LogP contribution >= 0.6 is 11.3 Å². The molecule has 1 aromatic heterocycles. The maximum absolute atomic E-state index is 10.1. The van der Waals surface area contributed by atoms with Crippen LogP contribution in [-0.4, -0.2) is 47.7 Å². The Morgan fingerprint density at radius 2 is 1.67 bits per heavy atom. The molecule has 0 radical (unpaired) electrons. The van der Waals surface area contributed by atoms with Crippen molar-refractivity contribution in [2.75, 3.05) is 26.2 Å². The van der Waals surface area contributed by atoms with Crippen LogP contribution in [0.3, 0.4) is 0 Å². The van der Waals surface area contributed by atoms with Crippen LogP contribution in [-0.2, 0) is 0 Å². The number of nitrogens with two attached hydrogens (primary N) is 1. The molecule has 1 fully saturated rings. The van der Waals surface area contributed by atoms with E-state index in [9.17, 15) is 10.2 Å². The average Bonchev–Trinajstić information content (AvgIpc) is 3.27. The molecule has 7 heteroatoms. The molecular weight excluding hydrogens is 470 g/mol. The maximum Gasteiger partial charge on any atom is 0.228 e. The number of rotatable bonds is 8. The van der Waals surface area contributed by atoms with E-state index in [0.29, 0.717) is 6.61 Å². The molecule has 0 spiro atoms. The fourth-order valence-corrected chi connectivity index (χ4v) is 6.17. The minimum atomic E-state index is -0.209. The molecule has 5 N–H and O–H groups in total. The van der Waals surface area contributed by atoms with Crippen molar-refractivity contribution in [2.24, 2.45) is 5.73 Å². The second kappa shape index (κ2) is 11.0. The number of ether oxygens (including phenoxy) is 1. The minimum Gasteiger partial charge on any atom is -0.508 e. The highest BCUT2D eigenvalue weighted by molar-refractivity contribution is 7.22. The van der Waals surface area contributed by atoms with E-state index < -0.39 is 0 Å². The van der Waals surface area contributed by atoms with E-state index in [2.05, 4.69) is 22.0 Å². The third kappa shape index (κ3) is 5.32. The normalized spacial score (nSPS) is 15.4. The molecule has 4 aromatic rings. The van der Waals surface area contributed by atoms with Gasteiger partial charge in [-0.05, 0) is 86.1 Å². The maximum atomic E-state index is 10.1. The number of phenolic OH excluding ortho intramolecular Hbond substituents is 2. The molecule has 0 aliphatic carbocycles. The summed E-state index contributed by atoms with van der Waals surface area (Å²) < 4.78 is 7.02. The third-order valence-corrected chi connectivity index (χ3v) is 7.95. The van der Waals surface area contributed by atoms with Crippen LogP contribution in [0, 0.1) is 0 Å². The average molecular weight is 503 g/mol. The zero-order chi connectivity index (χ0) is 24.9. The molecule has 1 aliphatic heterocycles. The predicted molar refractivity (Wildman–Crippen MR) is 146 cm³/mol. The summed E-state index contributed by atoms with van der Waals surface area (Å²) in [5.74, 6) is 1.30. The largest absolute Gasteiger partial charge is 0.508 e. The Bertz CT molecular complexity index is 1330. The van der Waals surface area contributed by atoms with Crippen LogP contribution in [0.1, 0.15) is 36.4 Å². The van der Waals surface area contributed by atoms with E-state index >= 15 is 0 Å². The van der Waals surface area contributed by atoms with Crippen molar-refractivity contribution in [3.8, 4) is 27.7 Å². The van der Waals surface area contributed by atoms with Gasteiger partial charge in [-0.1, -0.05) is 18.6 Å². The molecule has 0 saturated carbocycles. The molecule has 1 saturated heterocycles. The van der Waals surface area contributed by atoms with Crippen LogP contribution in [0.5, 0.6) is 17.2 Å². The number of fused-ring (bicyclic) bond motifs is 1. The minimum absolute atomic E-state index is 0.209. The van der Waals surface area contributed by atoms with Gasteiger partial charge < -0.3 is 14.9 Å². The molecule has 0 bridgehead atoms. The Morgan fingerprint density at radius 3 is 2.39 bits per heavy atom. The third-order valence-electron chi connectivity index (χ3n) is 6.73. The first kappa shape index (κ1) is 24.2. The smallest absolute Gasteiger partial charge is 0.228 e. The van der Waals surface area contributed by atoms with Gasteiger partial charge in [0.1, 0.15) is 29.9 Å². The van der Waals surface area contributed by atoms with E-state index in [1.165, 1.54) is 38.7 Å². The van der Waals surface area contributed by atoms with Gasteiger partial charge in [-0.15, -0.1) is 11.3 Å². The van der Waals surface area contributed by atoms with E-state index in [0.717, 1.165) is 43.9 Å². The first-order valence-corrected chi connectivity index (χ1v) is 13.2. The summed E-state index contributed by atoms with van der Waals surface area (Å²) in [6, 6.07) is 20.6. The number of hydrogen-bond donors (Lipinski definition) is 4. The van der Waals surface area contributed by atoms with Crippen LogP contribution in [0.2, 0.25) is 0 Å². The van der Waals surface area contributed by atoms with E-state index in [1.54, 1.807) is 35.6 Å². The number of nitrogens with zero attached hydrogens (tertiary/aromatic N) is 1. The molecule has 1 atom stereocenters. The number of thiophene rings is 1. The second-order valence-electron chi connectivity index (χ2n) is 9.16. The van der Waals surface area contributed by atoms with Crippen molar-refractivity contribution >= 4 is 27.8 Å². The molecule has 6 nitrogen and oxygen atoms in total. The molecule has 1 unspecified atom stereocenters. The molecular formula is C29H32N3O3S+. The predicted octanol–water partition coefficient (Wildman–Crippen LogP) is 4.00. The van der Waals surface area contributed by atoms with Gasteiger partial charge in [0.15, 0.2) is 0 Å². The summed E-state index contributed by atoms with van der Waals surface area (Å²) >= 11 is 1.61. The number of benzene rings is 3. The van der Waals surface area contributed by atoms with Gasteiger partial charge in [0.2, 0.25) is 6.34 Å². The second-order valence-corrected chi connectivity index (χ2v) is 10.2. The molecule has 3 aromatic carbocycles. The van der Waals surface area contributed by atoms with Gasteiger partial charge in [0.05, 0.1) is 0 Å². The van der Waals surface area contributed by atoms with E-state index in [4.69, 9.17) is 10.5 Å². The van der Waals surface area contributed by atoms with Crippen molar-refractivity contribution in [3.63, 3.8) is 0 Å². The zero-order valence-corrected chi connectivity index (χ0v) is 21.0. The SMILES string of the molecule is NC=[NH+]C(c1ccc(OCCN2CCCCC2)cc1)c1c(-c2ccc(O)cc2)sc2cc(O)ccc12. The standard InChI is InChI=1S/C29H31N3O3S/c30-19-31-28(20-6-11-24(12-7-20)35-17-16-32-14-2-1-3-15-32)27-25-13-10-23(34)18-26(25)36-29(27)21-4-8-22(33)9-5-21/h4-13,18-19,28,33-34H,1-3,14-17H2,(H2,30,31)/p+1. The summed E-state index contributed by atoms with van der Waals surface area (Å²) in [4.78, 5) is 6.86. The molecule has 0 amide bonds. The van der Waals surface area contributed by atoms with Crippen LogP contribution in [0.15, 0.2) is 66.7 Å². The molecule has 2 heterocycles. The summed E-state index contributed by atoms with van der Waals surface area (Å²) in [6.45, 7) is 3.97. The summed E-state index contributed by atoms with van der Waals surface area (Å²) in [5, 5.41) is 20.9. The topological polar surface area (TPSA) is 92.9 Å². The van der Waals surface area contributed by atoms with Crippen LogP contribution < -0.4 is 15.5 Å². The fourth-order valence-electron chi connectivity index (χ4n) is 4.89. The van der Waals surface area contributed by atoms with Gasteiger partial charge in [0.25, 0.3) is 0 Å². The molecule has 36 heavy (non-hydrogen) atoms. The first-order chi connectivity index (χ1) is 17.6. The summed E-state index contributed by atoms with van der Waals surface area (Å²) in [6.07, 6.45) is 5.37. The van der Waals surface area contributed by atoms with Gasteiger partial charge in [-0.3, -0.25) is 15.6 Å².